The molecule has 0 unspecified atom stereocenters. The zero-order valence-corrected chi connectivity index (χ0v) is 16.7. The van der Waals surface area contributed by atoms with Crippen molar-refractivity contribution in [3.63, 3.8) is 0 Å². The van der Waals surface area contributed by atoms with E-state index < -0.39 is 6.04 Å². The topological polar surface area (TPSA) is 67.2 Å². The molecule has 2 amide bonds. The molecule has 1 saturated heterocycles. The molecule has 6 nitrogen and oxygen atoms in total. The van der Waals surface area contributed by atoms with E-state index in [0.717, 1.165) is 47.5 Å². The number of aromatic nitrogens is 2. The number of amides is 2. The summed E-state index contributed by atoms with van der Waals surface area (Å²) in [5.74, 6) is -0.180. The van der Waals surface area contributed by atoms with Crippen molar-refractivity contribution in [1.82, 2.24) is 19.8 Å². The van der Waals surface area contributed by atoms with Crippen molar-refractivity contribution in [1.29, 1.82) is 0 Å². The number of carbonyl (C=O) groups is 2. The smallest absolute Gasteiger partial charge is 0.244 e. The van der Waals surface area contributed by atoms with Crippen LogP contribution < -0.4 is 5.32 Å². The van der Waals surface area contributed by atoms with Crippen LogP contribution in [0.2, 0.25) is 0 Å². The number of nitrogens with zero attached hydrogens (tertiary/aromatic N) is 3. The number of hydrogen-bond acceptors (Lipinski definition) is 4. The Morgan fingerprint density at radius 1 is 1.21 bits per heavy atom. The summed E-state index contributed by atoms with van der Waals surface area (Å²) in [6, 6.07) is 9.46. The van der Waals surface area contributed by atoms with E-state index in [1.807, 2.05) is 39.1 Å². The number of thiophene rings is 1. The maximum absolute atomic E-state index is 12.7. The molecule has 1 atom stereocenters. The summed E-state index contributed by atoms with van der Waals surface area (Å²) >= 11 is 1.63. The fourth-order valence-electron chi connectivity index (χ4n) is 3.76. The summed E-state index contributed by atoms with van der Waals surface area (Å²) < 4.78 is 1.93. The first-order chi connectivity index (χ1) is 13.6. The summed E-state index contributed by atoms with van der Waals surface area (Å²) in [5, 5.41) is 5.89. The lowest BCUT2D eigenvalue weighted by Gasteiger charge is -2.29. The van der Waals surface area contributed by atoms with Gasteiger partial charge in [-0.25, -0.2) is 4.98 Å². The molecule has 0 radical (unpaired) electrons. The Balaban J connectivity index is 1.52. The first-order valence-electron chi connectivity index (χ1n) is 9.70. The molecule has 1 aliphatic rings. The van der Waals surface area contributed by atoms with Crippen LogP contribution >= 0.6 is 11.3 Å². The normalized spacial score (nSPS) is 15.5. The molecule has 4 heterocycles. The molecular weight excluding hydrogens is 372 g/mol. The predicted octanol–water partition coefficient (Wildman–Crippen LogP) is 3.28. The molecule has 0 aromatic carbocycles. The van der Waals surface area contributed by atoms with E-state index in [2.05, 4.69) is 16.4 Å². The van der Waals surface area contributed by atoms with Gasteiger partial charge in [-0.1, -0.05) is 6.07 Å². The van der Waals surface area contributed by atoms with Crippen molar-refractivity contribution in [2.45, 2.75) is 38.8 Å². The monoisotopic (exact) mass is 396 g/mol. The Morgan fingerprint density at radius 3 is 2.79 bits per heavy atom. The van der Waals surface area contributed by atoms with Crippen molar-refractivity contribution < 1.29 is 9.59 Å². The molecule has 3 aromatic heterocycles. The van der Waals surface area contributed by atoms with Gasteiger partial charge in [-0.05, 0) is 55.8 Å². The number of piperidine rings is 1. The van der Waals surface area contributed by atoms with Gasteiger partial charge < -0.3 is 14.8 Å². The molecular formula is C21H24N4O2S. The van der Waals surface area contributed by atoms with Crippen molar-refractivity contribution in [2.24, 2.45) is 0 Å². The van der Waals surface area contributed by atoms with Crippen LogP contribution in [-0.4, -0.2) is 45.4 Å². The molecule has 28 heavy (non-hydrogen) atoms. The van der Waals surface area contributed by atoms with E-state index in [1.54, 1.807) is 24.5 Å². The fourth-order valence-corrected chi connectivity index (χ4v) is 4.51. The lowest BCUT2D eigenvalue weighted by molar-refractivity contribution is -0.136. The molecule has 3 aromatic rings. The first kappa shape index (κ1) is 18.7. The molecule has 0 spiro atoms. The molecule has 1 fully saturated rings. The van der Waals surface area contributed by atoms with E-state index in [1.165, 1.54) is 6.42 Å². The van der Waals surface area contributed by atoms with Gasteiger partial charge in [-0.3, -0.25) is 9.59 Å². The molecule has 1 aliphatic heterocycles. The van der Waals surface area contributed by atoms with E-state index >= 15 is 0 Å². The van der Waals surface area contributed by atoms with Crippen molar-refractivity contribution in [3.8, 4) is 10.6 Å². The van der Waals surface area contributed by atoms with E-state index in [0.29, 0.717) is 0 Å². The van der Waals surface area contributed by atoms with Crippen molar-refractivity contribution >= 4 is 34.2 Å². The number of rotatable bonds is 5. The van der Waals surface area contributed by atoms with Crippen molar-refractivity contribution in [3.05, 3.63) is 41.9 Å². The molecule has 0 saturated carbocycles. The number of carbonyl (C=O) groups excluding carboxylic acids is 2. The molecule has 7 heteroatoms. The lowest BCUT2D eigenvalue weighted by Crippen LogP contribution is -2.49. The van der Waals surface area contributed by atoms with Gasteiger partial charge in [0.15, 0.2) is 0 Å². The van der Waals surface area contributed by atoms with Crippen LogP contribution in [0.15, 0.2) is 41.9 Å². The average molecular weight is 397 g/mol. The maximum Gasteiger partial charge on any atom is 0.244 e. The third-order valence-corrected chi connectivity index (χ3v) is 6.04. The Kier molecular flexibility index (Phi) is 5.43. The lowest BCUT2D eigenvalue weighted by atomic mass is 10.1. The van der Waals surface area contributed by atoms with E-state index in [9.17, 15) is 9.59 Å². The van der Waals surface area contributed by atoms with Gasteiger partial charge in [0.25, 0.3) is 0 Å². The van der Waals surface area contributed by atoms with E-state index in [4.69, 9.17) is 0 Å². The molecule has 0 aliphatic carbocycles. The highest BCUT2D eigenvalue weighted by Crippen LogP contribution is 2.30. The Bertz CT molecular complexity index is 974. The third kappa shape index (κ3) is 3.80. The van der Waals surface area contributed by atoms with Crippen LogP contribution in [-0.2, 0) is 16.1 Å². The number of hydrogen-bond donors (Lipinski definition) is 1. The third-order valence-electron chi connectivity index (χ3n) is 5.15. The van der Waals surface area contributed by atoms with Gasteiger partial charge in [0.1, 0.15) is 18.2 Å². The van der Waals surface area contributed by atoms with Crippen LogP contribution in [0, 0.1) is 0 Å². The zero-order valence-electron chi connectivity index (χ0n) is 15.9. The van der Waals surface area contributed by atoms with Crippen LogP contribution in [0.25, 0.3) is 21.6 Å². The summed E-state index contributed by atoms with van der Waals surface area (Å²) in [6.07, 6.45) is 4.98. The van der Waals surface area contributed by atoms with Gasteiger partial charge >= 0.3 is 0 Å². The zero-order chi connectivity index (χ0) is 19.5. The number of fused-ring (bicyclic) bond motifs is 1. The van der Waals surface area contributed by atoms with Gasteiger partial charge in [0.05, 0.1) is 10.6 Å². The van der Waals surface area contributed by atoms with Crippen LogP contribution in [0.5, 0.6) is 0 Å². The highest BCUT2D eigenvalue weighted by Gasteiger charge is 2.24. The Morgan fingerprint density at radius 2 is 2.04 bits per heavy atom. The minimum absolute atomic E-state index is 0.00187. The van der Waals surface area contributed by atoms with Crippen LogP contribution in [0.3, 0.4) is 0 Å². The SMILES string of the molecule is C[C@H](NC(=O)Cn1c(-c2cccs2)cc2cccnc21)C(=O)N1CCCCC1. The highest BCUT2D eigenvalue weighted by molar-refractivity contribution is 7.13. The molecule has 4 rings (SSSR count). The second-order valence-electron chi connectivity index (χ2n) is 7.18. The average Bonchev–Trinajstić information content (AvgIpc) is 3.36. The minimum atomic E-state index is -0.523. The van der Waals surface area contributed by atoms with Crippen LogP contribution in [0.1, 0.15) is 26.2 Å². The van der Waals surface area contributed by atoms with Gasteiger partial charge in [0, 0.05) is 24.7 Å². The van der Waals surface area contributed by atoms with Crippen LogP contribution in [0.4, 0.5) is 0 Å². The quantitative estimate of drug-likeness (QED) is 0.720. The highest BCUT2D eigenvalue weighted by atomic mass is 32.1. The maximum atomic E-state index is 12.7. The summed E-state index contributed by atoms with van der Waals surface area (Å²) in [5.41, 5.74) is 1.74. The standard InChI is InChI=1S/C21H24N4O2S/c1-15(21(27)24-10-3-2-4-11-24)23-19(26)14-25-17(18-8-6-12-28-18)13-16-7-5-9-22-20(16)25/h5-9,12-13,15H,2-4,10-11,14H2,1H3,(H,23,26)/t15-/m0/s1. The Hall–Kier alpha value is -2.67. The second-order valence-corrected chi connectivity index (χ2v) is 8.13. The fraction of sp³-hybridized carbons (Fsp3) is 0.381. The van der Waals surface area contributed by atoms with Crippen molar-refractivity contribution in [2.75, 3.05) is 13.1 Å². The summed E-state index contributed by atoms with van der Waals surface area (Å²) in [6.45, 7) is 3.47. The number of likely N-dealkylation sites (tertiary alicyclic amines) is 1. The predicted molar refractivity (Wildman–Crippen MR) is 111 cm³/mol. The first-order valence-corrected chi connectivity index (χ1v) is 10.6. The minimum Gasteiger partial charge on any atom is -0.343 e. The second kappa shape index (κ2) is 8.14. The summed E-state index contributed by atoms with van der Waals surface area (Å²) in [4.78, 5) is 32.8. The van der Waals surface area contributed by atoms with Gasteiger partial charge in [0.2, 0.25) is 11.8 Å². The summed E-state index contributed by atoms with van der Waals surface area (Å²) in [7, 11) is 0. The number of pyridine rings is 1. The molecule has 1 N–H and O–H groups in total. The van der Waals surface area contributed by atoms with Gasteiger partial charge in [-0.15, -0.1) is 11.3 Å². The Labute approximate surface area is 168 Å². The molecule has 0 bridgehead atoms. The largest absolute Gasteiger partial charge is 0.343 e. The molecule has 146 valence electrons. The number of nitrogens with one attached hydrogen (secondary N) is 1. The van der Waals surface area contributed by atoms with Gasteiger partial charge in [-0.2, -0.15) is 0 Å². The van der Waals surface area contributed by atoms with E-state index in [-0.39, 0.29) is 18.4 Å².